The zero-order valence-corrected chi connectivity index (χ0v) is 15.3. The van der Waals surface area contributed by atoms with Crippen LogP contribution in [0.3, 0.4) is 0 Å². The van der Waals surface area contributed by atoms with Crippen LogP contribution in [0.15, 0.2) is 30.5 Å². The van der Waals surface area contributed by atoms with Gasteiger partial charge in [-0.15, -0.1) is 0 Å². The van der Waals surface area contributed by atoms with Gasteiger partial charge in [0.05, 0.1) is 5.56 Å². The Balaban J connectivity index is 1.45. The molecule has 0 atom stereocenters. The Bertz CT molecular complexity index is 859. The van der Waals surface area contributed by atoms with E-state index in [1.807, 2.05) is 29.2 Å². The number of nitrogens with zero attached hydrogens (tertiary/aromatic N) is 3. The van der Waals surface area contributed by atoms with E-state index in [-0.39, 0.29) is 18.4 Å². The van der Waals surface area contributed by atoms with Gasteiger partial charge in [0.1, 0.15) is 5.82 Å². The molecular weight excluding hydrogens is 366 g/mol. The summed E-state index contributed by atoms with van der Waals surface area (Å²) in [7, 11) is 0. The summed E-state index contributed by atoms with van der Waals surface area (Å²) in [5.41, 5.74) is 7.31. The Kier molecular flexibility index (Phi) is 4.74. The summed E-state index contributed by atoms with van der Waals surface area (Å²) in [4.78, 5) is 22.0. The highest BCUT2D eigenvalue weighted by molar-refractivity contribution is 5.97. The van der Waals surface area contributed by atoms with E-state index in [1.165, 1.54) is 6.20 Å². The molecule has 148 valence electrons. The van der Waals surface area contributed by atoms with E-state index in [0.717, 1.165) is 24.2 Å². The number of primary amides is 1. The number of carbonyl (C=O) groups is 1. The van der Waals surface area contributed by atoms with Gasteiger partial charge in [-0.3, -0.25) is 4.79 Å². The van der Waals surface area contributed by atoms with Crippen molar-refractivity contribution < 1.29 is 13.6 Å². The summed E-state index contributed by atoms with van der Waals surface area (Å²) in [5.74, 6) is -2.36. The molecule has 4 N–H and O–H groups in total. The topological polar surface area (TPSA) is 96.2 Å². The molecule has 2 heterocycles. The third-order valence-electron chi connectivity index (χ3n) is 4.96. The second-order valence-electron chi connectivity index (χ2n) is 7.25. The van der Waals surface area contributed by atoms with Crippen molar-refractivity contribution in [3.8, 4) is 0 Å². The largest absolute Gasteiger partial charge is 0.371 e. The number of amides is 1. The fourth-order valence-electron chi connectivity index (χ4n) is 3.13. The molecule has 0 unspecified atom stereocenters. The number of nitrogens with one attached hydrogen (secondary N) is 2. The first-order valence-electron chi connectivity index (χ1n) is 9.33. The highest BCUT2D eigenvalue weighted by Crippen LogP contribution is 2.31. The lowest BCUT2D eigenvalue weighted by atomic mass is 10.1. The minimum Gasteiger partial charge on any atom is -0.371 e. The molecule has 2 aromatic rings. The zero-order valence-electron chi connectivity index (χ0n) is 15.3. The number of halogens is 2. The molecule has 0 radical (unpaired) electrons. The molecule has 1 aliphatic carbocycles. The molecule has 2 fully saturated rings. The molecule has 2 aliphatic rings. The predicted molar refractivity (Wildman–Crippen MR) is 103 cm³/mol. The number of hydrogen-bond donors (Lipinski definition) is 3. The van der Waals surface area contributed by atoms with E-state index in [4.69, 9.17) is 5.73 Å². The minimum atomic E-state index is -2.56. The molecule has 1 amide bonds. The van der Waals surface area contributed by atoms with Gasteiger partial charge in [-0.1, -0.05) is 0 Å². The van der Waals surface area contributed by atoms with E-state index >= 15 is 0 Å². The van der Waals surface area contributed by atoms with E-state index in [2.05, 4.69) is 20.6 Å². The van der Waals surface area contributed by atoms with Gasteiger partial charge in [0.15, 0.2) is 0 Å². The molecular formula is C19H22F2N6O. The van der Waals surface area contributed by atoms with Gasteiger partial charge in [-0.25, -0.2) is 13.8 Å². The van der Waals surface area contributed by atoms with E-state index in [1.54, 1.807) is 0 Å². The van der Waals surface area contributed by atoms with Crippen molar-refractivity contribution in [1.82, 2.24) is 9.97 Å². The quantitative estimate of drug-likeness (QED) is 0.704. The Morgan fingerprint density at radius 1 is 1.18 bits per heavy atom. The minimum absolute atomic E-state index is 0.121. The third kappa shape index (κ3) is 4.29. The number of alkyl halides is 2. The lowest BCUT2D eigenvalue weighted by molar-refractivity contribution is -0.0220. The van der Waals surface area contributed by atoms with Crippen LogP contribution in [0.1, 0.15) is 36.0 Å². The highest BCUT2D eigenvalue weighted by Gasteiger charge is 2.34. The Morgan fingerprint density at radius 3 is 2.46 bits per heavy atom. The molecule has 0 spiro atoms. The van der Waals surface area contributed by atoms with Crippen molar-refractivity contribution >= 4 is 29.0 Å². The van der Waals surface area contributed by atoms with E-state index in [0.29, 0.717) is 30.9 Å². The average molecular weight is 388 g/mol. The number of hydrogen-bond acceptors (Lipinski definition) is 6. The van der Waals surface area contributed by atoms with Crippen molar-refractivity contribution in [1.29, 1.82) is 0 Å². The average Bonchev–Trinajstić information content (AvgIpc) is 3.46. The first kappa shape index (κ1) is 18.4. The molecule has 1 aliphatic heterocycles. The summed E-state index contributed by atoms with van der Waals surface area (Å²) in [5, 5.41) is 6.29. The maximum absolute atomic E-state index is 13.3. The molecule has 1 saturated heterocycles. The van der Waals surface area contributed by atoms with Crippen LogP contribution >= 0.6 is 0 Å². The summed E-state index contributed by atoms with van der Waals surface area (Å²) in [6.07, 6.45) is 3.24. The van der Waals surface area contributed by atoms with Gasteiger partial charge < -0.3 is 21.3 Å². The van der Waals surface area contributed by atoms with Crippen LogP contribution in [0.5, 0.6) is 0 Å². The lowest BCUT2D eigenvalue weighted by Gasteiger charge is -2.33. The zero-order chi connectivity index (χ0) is 19.7. The molecule has 4 rings (SSSR count). The summed E-state index contributed by atoms with van der Waals surface area (Å²) < 4.78 is 26.6. The van der Waals surface area contributed by atoms with Gasteiger partial charge in [-0.2, -0.15) is 4.98 Å². The van der Waals surface area contributed by atoms with Gasteiger partial charge in [-0.05, 0) is 37.1 Å². The van der Waals surface area contributed by atoms with Crippen LogP contribution in [-0.2, 0) is 0 Å². The number of nitrogens with two attached hydrogens (primary N) is 1. The van der Waals surface area contributed by atoms with Crippen molar-refractivity contribution in [2.75, 3.05) is 28.6 Å². The molecule has 0 bridgehead atoms. The fraction of sp³-hybridized carbons (Fsp3) is 0.421. The SMILES string of the molecule is NC(=O)c1cnc(Nc2ccc(N3CCC(F)(F)CC3)cc2)nc1NC1CC1. The lowest BCUT2D eigenvalue weighted by Crippen LogP contribution is -2.39. The summed E-state index contributed by atoms with van der Waals surface area (Å²) in [6.45, 7) is 0.682. The predicted octanol–water partition coefficient (Wildman–Crippen LogP) is 3.13. The smallest absolute Gasteiger partial charge is 0.254 e. The second kappa shape index (κ2) is 7.21. The fourth-order valence-corrected chi connectivity index (χ4v) is 3.13. The van der Waals surface area contributed by atoms with Crippen LogP contribution in [-0.4, -0.2) is 40.9 Å². The molecule has 1 saturated carbocycles. The number of carbonyl (C=O) groups excluding carboxylic acids is 1. The monoisotopic (exact) mass is 388 g/mol. The molecule has 9 heteroatoms. The van der Waals surface area contributed by atoms with Gasteiger partial charge in [0.25, 0.3) is 11.8 Å². The maximum Gasteiger partial charge on any atom is 0.254 e. The molecule has 1 aromatic carbocycles. The maximum atomic E-state index is 13.3. The first-order valence-corrected chi connectivity index (χ1v) is 9.33. The van der Waals surface area contributed by atoms with E-state index in [9.17, 15) is 13.6 Å². The van der Waals surface area contributed by atoms with Crippen LogP contribution in [0, 0.1) is 0 Å². The van der Waals surface area contributed by atoms with Crippen LogP contribution < -0.4 is 21.3 Å². The summed E-state index contributed by atoms with van der Waals surface area (Å²) in [6, 6.07) is 7.78. The van der Waals surface area contributed by atoms with Crippen molar-refractivity contribution in [2.45, 2.75) is 37.6 Å². The standard InChI is InChI=1S/C19H22F2N6O/c20-19(21)7-9-27(10-8-19)14-5-3-13(4-6-14)25-18-23-11-15(16(22)28)17(26-18)24-12-1-2-12/h3-6,11-12H,1-2,7-10H2,(H2,22,28)(H2,23,24,25,26). The highest BCUT2D eigenvalue weighted by atomic mass is 19.3. The van der Waals surface area contributed by atoms with Crippen molar-refractivity contribution in [3.05, 3.63) is 36.0 Å². The van der Waals surface area contributed by atoms with Crippen molar-refractivity contribution in [3.63, 3.8) is 0 Å². The Labute approximate surface area is 161 Å². The van der Waals surface area contributed by atoms with Gasteiger partial charge in [0, 0.05) is 49.5 Å². The Morgan fingerprint density at radius 2 is 1.86 bits per heavy atom. The van der Waals surface area contributed by atoms with E-state index < -0.39 is 11.8 Å². The van der Waals surface area contributed by atoms with Gasteiger partial charge in [0.2, 0.25) is 5.95 Å². The Hall–Kier alpha value is -2.97. The third-order valence-corrected chi connectivity index (χ3v) is 4.96. The van der Waals surface area contributed by atoms with Gasteiger partial charge >= 0.3 is 0 Å². The summed E-state index contributed by atoms with van der Waals surface area (Å²) >= 11 is 0. The number of benzene rings is 1. The molecule has 7 nitrogen and oxygen atoms in total. The number of piperidine rings is 1. The van der Waals surface area contributed by atoms with Crippen LogP contribution in [0.2, 0.25) is 0 Å². The van der Waals surface area contributed by atoms with Crippen molar-refractivity contribution in [2.24, 2.45) is 5.73 Å². The van der Waals surface area contributed by atoms with Crippen LogP contribution in [0.25, 0.3) is 0 Å². The van der Waals surface area contributed by atoms with Crippen LogP contribution in [0.4, 0.5) is 31.9 Å². The molecule has 1 aromatic heterocycles. The number of anilines is 4. The first-order chi connectivity index (χ1) is 13.4. The second-order valence-corrected chi connectivity index (χ2v) is 7.25. The molecule has 28 heavy (non-hydrogen) atoms. The normalized spacial score (nSPS) is 18.6. The number of aromatic nitrogens is 2. The number of rotatable bonds is 6.